The summed E-state index contributed by atoms with van der Waals surface area (Å²) in [5, 5.41) is 3.41. The molecule has 2 atom stereocenters. The highest BCUT2D eigenvalue weighted by atomic mass is 79.9. The fraction of sp³-hybridized carbons (Fsp3) is 0.440. The van der Waals surface area contributed by atoms with E-state index in [-0.39, 0.29) is 18.5 Å². The maximum absolute atomic E-state index is 13.7. The SMILES string of the molecule is CC[C@H](C(=O)N[C@@H](C)CC)N(Cc1ccccc1Cl)C(=O)CN(c1ccc(Br)c(C)c1)S(C)(=O)=O. The molecule has 0 heterocycles. The van der Waals surface area contributed by atoms with Gasteiger partial charge in [0.15, 0.2) is 0 Å². The number of benzene rings is 2. The van der Waals surface area contributed by atoms with Gasteiger partial charge in [-0.2, -0.15) is 0 Å². The normalized spacial score (nSPS) is 13.1. The molecule has 0 aliphatic heterocycles. The monoisotopic (exact) mass is 585 g/mol. The standard InChI is InChI=1S/C25H33BrClN3O4S/c1-6-18(4)28-25(32)23(7-2)29(15-19-10-8-9-11-22(19)27)24(31)16-30(35(5,33)34)20-12-13-21(26)17(3)14-20/h8-14,18,23H,6-7,15-16H2,1-5H3,(H,28,32)/t18-,23+/m0/s1. The summed E-state index contributed by atoms with van der Waals surface area (Å²) in [6.45, 7) is 7.14. The number of hydrogen-bond acceptors (Lipinski definition) is 4. The Hall–Kier alpha value is -2.10. The zero-order valence-corrected chi connectivity index (χ0v) is 23.9. The van der Waals surface area contributed by atoms with Crippen molar-refractivity contribution >= 4 is 55.1 Å². The van der Waals surface area contributed by atoms with E-state index in [1.807, 2.05) is 27.7 Å². The molecule has 0 fully saturated rings. The van der Waals surface area contributed by atoms with E-state index in [0.29, 0.717) is 22.7 Å². The fourth-order valence-corrected chi connectivity index (χ4v) is 4.85. The van der Waals surface area contributed by atoms with Gasteiger partial charge >= 0.3 is 0 Å². The Morgan fingerprint density at radius 1 is 1.11 bits per heavy atom. The average Bonchev–Trinajstić information content (AvgIpc) is 2.79. The van der Waals surface area contributed by atoms with Crippen LogP contribution in [-0.2, 0) is 26.2 Å². The second-order valence-electron chi connectivity index (χ2n) is 8.56. The molecular formula is C25H33BrClN3O4S. The number of nitrogens with one attached hydrogen (secondary N) is 1. The molecule has 0 unspecified atom stereocenters. The zero-order valence-electron chi connectivity index (χ0n) is 20.7. The molecule has 0 bridgehead atoms. The van der Waals surface area contributed by atoms with E-state index in [4.69, 9.17) is 11.6 Å². The van der Waals surface area contributed by atoms with Crippen molar-refractivity contribution in [3.63, 3.8) is 0 Å². The van der Waals surface area contributed by atoms with Crippen LogP contribution in [0.3, 0.4) is 0 Å². The number of anilines is 1. The van der Waals surface area contributed by atoms with E-state index in [1.165, 1.54) is 4.90 Å². The van der Waals surface area contributed by atoms with Gasteiger partial charge < -0.3 is 10.2 Å². The summed E-state index contributed by atoms with van der Waals surface area (Å²) in [6, 6.07) is 11.3. The van der Waals surface area contributed by atoms with Gasteiger partial charge in [-0.3, -0.25) is 13.9 Å². The number of aryl methyl sites for hydroxylation is 1. The van der Waals surface area contributed by atoms with Crippen molar-refractivity contribution in [2.45, 2.75) is 59.2 Å². The lowest BCUT2D eigenvalue weighted by Crippen LogP contribution is -2.53. The van der Waals surface area contributed by atoms with Crippen LogP contribution in [-0.4, -0.2) is 50.0 Å². The Bertz CT molecular complexity index is 1160. The van der Waals surface area contributed by atoms with Crippen molar-refractivity contribution in [3.05, 3.63) is 63.1 Å². The number of hydrogen-bond donors (Lipinski definition) is 1. The van der Waals surface area contributed by atoms with Gasteiger partial charge in [0.2, 0.25) is 21.8 Å². The van der Waals surface area contributed by atoms with Gasteiger partial charge in [0.1, 0.15) is 12.6 Å². The van der Waals surface area contributed by atoms with Crippen molar-refractivity contribution in [3.8, 4) is 0 Å². The number of halogens is 2. The number of carbonyl (C=O) groups excluding carboxylic acids is 2. The number of nitrogens with zero attached hydrogens (tertiary/aromatic N) is 2. The summed E-state index contributed by atoms with van der Waals surface area (Å²) in [4.78, 5) is 28.2. The van der Waals surface area contributed by atoms with E-state index in [0.717, 1.165) is 27.0 Å². The Morgan fingerprint density at radius 3 is 2.31 bits per heavy atom. The third-order valence-corrected chi connectivity index (χ3v) is 8.19. The topological polar surface area (TPSA) is 86.8 Å². The molecule has 0 aliphatic rings. The van der Waals surface area contributed by atoms with E-state index < -0.39 is 28.5 Å². The lowest BCUT2D eigenvalue weighted by atomic mass is 10.1. The maximum Gasteiger partial charge on any atom is 0.244 e. The fourth-order valence-electron chi connectivity index (χ4n) is 3.57. The minimum Gasteiger partial charge on any atom is -0.352 e. The molecule has 2 aromatic rings. The van der Waals surface area contributed by atoms with Crippen LogP contribution in [0.1, 0.15) is 44.7 Å². The minimum atomic E-state index is -3.79. The molecule has 2 amide bonds. The highest BCUT2D eigenvalue weighted by Gasteiger charge is 2.32. The first-order chi connectivity index (χ1) is 16.4. The van der Waals surface area contributed by atoms with Crippen molar-refractivity contribution in [1.82, 2.24) is 10.2 Å². The summed E-state index contributed by atoms with van der Waals surface area (Å²) in [5.74, 6) is -0.783. The summed E-state index contributed by atoms with van der Waals surface area (Å²) in [7, 11) is -3.79. The first-order valence-corrected chi connectivity index (χ1v) is 14.5. The summed E-state index contributed by atoms with van der Waals surface area (Å²) in [5.41, 5.74) is 1.87. The van der Waals surface area contributed by atoms with Gasteiger partial charge in [0.25, 0.3) is 0 Å². The molecule has 0 saturated carbocycles. The quantitative estimate of drug-likeness (QED) is 0.406. The Morgan fingerprint density at radius 2 is 1.77 bits per heavy atom. The molecule has 0 saturated heterocycles. The number of rotatable bonds is 11. The number of carbonyl (C=O) groups is 2. The second-order valence-corrected chi connectivity index (χ2v) is 11.7. The van der Waals surface area contributed by atoms with Crippen LogP contribution in [0.5, 0.6) is 0 Å². The molecule has 1 N–H and O–H groups in total. The molecule has 7 nitrogen and oxygen atoms in total. The molecule has 0 aromatic heterocycles. The molecule has 0 aliphatic carbocycles. The maximum atomic E-state index is 13.7. The van der Waals surface area contributed by atoms with Crippen molar-refractivity contribution in [1.29, 1.82) is 0 Å². The Balaban J connectivity index is 2.47. The van der Waals surface area contributed by atoms with Gasteiger partial charge in [-0.15, -0.1) is 0 Å². The van der Waals surface area contributed by atoms with Crippen LogP contribution in [0, 0.1) is 6.92 Å². The molecule has 192 valence electrons. The number of sulfonamides is 1. The van der Waals surface area contributed by atoms with Gasteiger partial charge in [-0.1, -0.05) is 59.6 Å². The van der Waals surface area contributed by atoms with E-state index in [2.05, 4.69) is 21.2 Å². The summed E-state index contributed by atoms with van der Waals surface area (Å²) >= 11 is 9.78. The van der Waals surface area contributed by atoms with Crippen molar-refractivity contribution in [2.75, 3.05) is 17.1 Å². The smallest absolute Gasteiger partial charge is 0.244 e. The average molecular weight is 587 g/mol. The molecule has 0 radical (unpaired) electrons. The first kappa shape index (κ1) is 29.1. The predicted octanol–water partition coefficient (Wildman–Crippen LogP) is 4.90. The largest absolute Gasteiger partial charge is 0.352 e. The van der Waals surface area contributed by atoms with Gasteiger partial charge in [-0.05, 0) is 62.1 Å². The summed E-state index contributed by atoms with van der Waals surface area (Å²) < 4.78 is 27.3. The summed E-state index contributed by atoms with van der Waals surface area (Å²) in [6.07, 6.45) is 2.16. The van der Waals surface area contributed by atoms with Crippen molar-refractivity contribution < 1.29 is 18.0 Å². The van der Waals surface area contributed by atoms with Gasteiger partial charge in [0, 0.05) is 22.1 Å². The third kappa shape index (κ3) is 7.95. The Labute approximate surface area is 222 Å². The first-order valence-electron chi connectivity index (χ1n) is 11.5. The van der Waals surface area contributed by atoms with Gasteiger partial charge in [-0.25, -0.2) is 8.42 Å². The van der Waals surface area contributed by atoms with Gasteiger partial charge in [0.05, 0.1) is 11.9 Å². The van der Waals surface area contributed by atoms with E-state index >= 15 is 0 Å². The Kier molecular flexibility index (Phi) is 10.6. The highest BCUT2D eigenvalue weighted by Crippen LogP contribution is 2.26. The molecule has 2 rings (SSSR count). The minimum absolute atomic E-state index is 0.0629. The molecule has 10 heteroatoms. The predicted molar refractivity (Wildman–Crippen MR) is 145 cm³/mol. The lowest BCUT2D eigenvalue weighted by Gasteiger charge is -2.33. The van der Waals surface area contributed by atoms with Crippen LogP contribution in [0.2, 0.25) is 5.02 Å². The second kappa shape index (κ2) is 12.7. The number of amides is 2. The van der Waals surface area contributed by atoms with Crippen LogP contribution in [0.4, 0.5) is 5.69 Å². The molecule has 0 spiro atoms. The molecular weight excluding hydrogens is 554 g/mol. The third-order valence-electron chi connectivity index (χ3n) is 5.79. The van der Waals surface area contributed by atoms with E-state index in [1.54, 1.807) is 42.5 Å². The molecule has 35 heavy (non-hydrogen) atoms. The highest BCUT2D eigenvalue weighted by molar-refractivity contribution is 9.10. The van der Waals surface area contributed by atoms with Crippen LogP contribution >= 0.6 is 27.5 Å². The van der Waals surface area contributed by atoms with Crippen LogP contribution < -0.4 is 9.62 Å². The lowest BCUT2D eigenvalue weighted by molar-refractivity contribution is -0.140. The van der Waals surface area contributed by atoms with Crippen LogP contribution in [0.15, 0.2) is 46.9 Å². The van der Waals surface area contributed by atoms with Crippen LogP contribution in [0.25, 0.3) is 0 Å². The van der Waals surface area contributed by atoms with Crippen molar-refractivity contribution in [2.24, 2.45) is 0 Å². The van der Waals surface area contributed by atoms with E-state index in [9.17, 15) is 18.0 Å². The molecule has 2 aromatic carbocycles. The zero-order chi connectivity index (χ0) is 26.3.